The van der Waals surface area contributed by atoms with Crippen LogP contribution in [-0.2, 0) is 5.75 Å². The number of ether oxygens (including phenoxy) is 1. The Hall–Kier alpha value is -1.20. The molecule has 1 heterocycles. The molecule has 1 aromatic carbocycles. The first-order valence-corrected chi connectivity index (χ1v) is 7.71. The van der Waals surface area contributed by atoms with Crippen molar-refractivity contribution < 1.29 is 4.74 Å². The highest BCUT2D eigenvalue weighted by Gasteiger charge is 2.04. The Bertz CT molecular complexity index is 563. The van der Waals surface area contributed by atoms with E-state index in [1.165, 1.54) is 0 Å². The Kier molecular flexibility index (Phi) is 5.10. The Morgan fingerprint density at radius 2 is 2.16 bits per heavy atom. The van der Waals surface area contributed by atoms with Gasteiger partial charge in [0.1, 0.15) is 5.75 Å². The van der Waals surface area contributed by atoms with Gasteiger partial charge in [0.05, 0.1) is 6.61 Å². The third-order valence-electron chi connectivity index (χ3n) is 2.45. The molecule has 3 nitrogen and oxygen atoms in total. The summed E-state index contributed by atoms with van der Waals surface area (Å²) in [6, 6.07) is 7.81. The number of rotatable bonds is 5. The first kappa shape index (κ1) is 14.2. The number of nitrogens with zero attached hydrogens (tertiary/aromatic N) is 1. The fourth-order valence-corrected chi connectivity index (χ4v) is 2.92. The summed E-state index contributed by atoms with van der Waals surface area (Å²) in [7, 11) is 0. The number of benzene rings is 1. The van der Waals surface area contributed by atoms with E-state index in [0.717, 1.165) is 32.1 Å². The van der Waals surface area contributed by atoms with E-state index in [4.69, 9.17) is 10.5 Å². The molecule has 0 aliphatic carbocycles. The van der Waals surface area contributed by atoms with Crippen molar-refractivity contribution in [3.8, 4) is 5.75 Å². The van der Waals surface area contributed by atoms with Crippen LogP contribution in [-0.4, -0.2) is 11.6 Å². The lowest BCUT2D eigenvalue weighted by molar-refractivity contribution is 0.339. The summed E-state index contributed by atoms with van der Waals surface area (Å²) in [4.78, 5) is 5.18. The van der Waals surface area contributed by atoms with Crippen LogP contribution in [0, 0.1) is 0 Å². The standard InChI is InChI=1S/C14H15BrN2OS/c1-2-18-12-3-4-13(16)14(6-12)19-9-10-5-11(15)8-17-7-10/h3-8H,2,9,16H2,1H3. The first-order valence-electron chi connectivity index (χ1n) is 5.93. The highest BCUT2D eigenvalue weighted by molar-refractivity contribution is 9.10. The van der Waals surface area contributed by atoms with Gasteiger partial charge < -0.3 is 10.5 Å². The normalized spacial score (nSPS) is 10.4. The summed E-state index contributed by atoms with van der Waals surface area (Å²) in [5, 5.41) is 0. The van der Waals surface area contributed by atoms with Crippen molar-refractivity contribution in [3.05, 3.63) is 46.7 Å². The van der Waals surface area contributed by atoms with E-state index in [-0.39, 0.29) is 0 Å². The van der Waals surface area contributed by atoms with Crippen LogP contribution in [0.25, 0.3) is 0 Å². The molecule has 0 atom stereocenters. The minimum Gasteiger partial charge on any atom is -0.494 e. The van der Waals surface area contributed by atoms with E-state index >= 15 is 0 Å². The van der Waals surface area contributed by atoms with Gasteiger partial charge in [-0.15, -0.1) is 11.8 Å². The minimum absolute atomic E-state index is 0.656. The fourth-order valence-electron chi connectivity index (χ4n) is 1.59. The zero-order chi connectivity index (χ0) is 13.7. The summed E-state index contributed by atoms with van der Waals surface area (Å²) in [5.74, 6) is 1.68. The molecular weight excluding hydrogens is 324 g/mol. The van der Waals surface area contributed by atoms with Crippen LogP contribution < -0.4 is 10.5 Å². The second-order valence-electron chi connectivity index (χ2n) is 3.93. The highest BCUT2D eigenvalue weighted by atomic mass is 79.9. The fraction of sp³-hybridized carbons (Fsp3) is 0.214. The molecule has 5 heteroatoms. The molecule has 19 heavy (non-hydrogen) atoms. The summed E-state index contributed by atoms with van der Waals surface area (Å²) >= 11 is 5.10. The number of pyridine rings is 1. The Morgan fingerprint density at radius 3 is 2.89 bits per heavy atom. The van der Waals surface area contributed by atoms with Gasteiger partial charge in [-0.1, -0.05) is 0 Å². The average molecular weight is 339 g/mol. The largest absolute Gasteiger partial charge is 0.494 e. The van der Waals surface area contributed by atoms with Crippen molar-refractivity contribution in [1.82, 2.24) is 4.98 Å². The van der Waals surface area contributed by atoms with Crippen LogP contribution in [0.4, 0.5) is 5.69 Å². The molecule has 0 saturated heterocycles. The molecule has 1 aromatic heterocycles. The van der Waals surface area contributed by atoms with Crippen LogP contribution in [0.2, 0.25) is 0 Å². The molecule has 0 unspecified atom stereocenters. The molecule has 0 fully saturated rings. The molecule has 2 N–H and O–H groups in total. The quantitative estimate of drug-likeness (QED) is 0.658. The maximum atomic E-state index is 5.98. The molecule has 2 aromatic rings. The average Bonchev–Trinajstić information content (AvgIpc) is 2.40. The van der Waals surface area contributed by atoms with Crippen molar-refractivity contribution >= 4 is 33.4 Å². The van der Waals surface area contributed by atoms with Crippen LogP contribution >= 0.6 is 27.7 Å². The third-order valence-corrected chi connectivity index (χ3v) is 4.03. The lowest BCUT2D eigenvalue weighted by Gasteiger charge is -2.09. The lowest BCUT2D eigenvalue weighted by atomic mass is 10.3. The monoisotopic (exact) mass is 338 g/mol. The molecule has 0 saturated carbocycles. The summed E-state index contributed by atoms with van der Waals surface area (Å²) in [5.41, 5.74) is 7.91. The maximum Gasteiger partial charge on any atom is 0.120 e. The number of hydrogen-bond donors (Lipinski definition) is 1. The number of halogens is 1. The predicted molar refractivity (Wildman–Crippen MR) is 83.5 cm³/mol. The van der Waals surface area contributed by atoms with Crippen LogP contribution in [0.3, 0.4) is 0 Å². The van der Waals surface area contributed by atoms with Gasteiger partial charge in [-0.25, -0.2) is 0 Å². The molecule has 100 valence electrons. The Balaban J connectivity index is 2.08. The Labute approximate surface area is 125 Å². The molecule has 0 amide bonds. The number of nitrogens with two attached hydrogens (primary N) is 1. The summed E-state index contributed by atoms with van der Waals surface area (Å²) in [6.07, 6.45) is 3.64. The van der Waals surface area contributed by atoms with E-state index < -0.39 is 0 Å². The van der Waals surface area contributed by atoms with E-state index in [1.54, 1.807) is 18.0 Å². The van der Waals surface area contributed by atoms with Gasteiger partial charge in [0.2, 0.25) is 0 Å². The lowest BCUT2D eigenvalue weighted by Crippen LogP contribution is -1.94. The summed E-state index contributed by atoms with van der Waals surface area (Å²) < 4.78 is 6.47. The van der Waals surface area contributed by atoms with Crippen molar-refractivity contribution in [3.63, 3.8) is 0 Å². The molecule has 0 aliphatic heterocycles. The molecule has 0 bridgehead atoms. The van der Waals surface area contributed by atoms with Crippen molar-refractivity contribution in [2.24, 2.45) is 0 Å². The topological polar surface area (TPSA) is 48.1 Å². The molecule has 0 spiro atoms. The van der Waals surface area contributed by atoms with Gasteiger partial charge in [0.15, 0.2) is 0 Å². The molecule has 0 radical (unpaired) electrons. The number of thioether (sulfide) groups is 1. The molecule has 0 aliphatic rings. The molecular formula is C14H15BrN2OS. The number of hydrogen-bond acceptors (Lipinski definition) is 4. The van der Waals surface area contributed by atoms with E-state index in [2.05, 4.69) is 27.0 Å². The van der Waals surface area contributed by atoms with E-state index in [9.17, 15) is 0 Å². The van der Waals surface area contributed by atoms with Gasteiger partial charge in [-0.2, -0.15) is 0 Å². The van der Waals surface area contributed by atoms with Crippen LogP contribution in [0.5, 0.6) is 5.75 Å². The zero-order valence-corrected chi connectivity index (χ0v) is 13.0. The molecule has 2 rings (SSSR count). The van der Waals surface area contributed by atoms with Gasteiger partial charge in [-0.05, 0) is 52.7 Å². The van der Waals surface area contributed by atoms with E-state index in [1.807, 2.05) is 31.3 Å². The maximum absolute atomic E-state index is 5.98. The van der Waals surface area contributed by atoms with Crippen molar-refractivity contribution in [2.75, 3.05) is 12.3 Å². The second kappa shape index (κ2) is 6.82. The van der Waals surface area contributed by atoms with Crippen LogP contribution in [0.15, 0.2) is 46.0 Å². The first-order chi connectivity index (χ1) is 9.19. The summed E-state index contributed by atoms with van der Waals surface area (Å²) in [6.45, 7) is 2.62. The number of nitrogen functional groups attached to an aromatic ring is 1. The van der Waals surface area contributed by atoms with Gasteiger partial charge >= 0.3 is 0 Å². The highest BCUT2D eigenvalue weighted by Crippen LogP contribution is 2.31. The van der Waals surface area contributed by atoms with E-state index in [0.29, 0.717) is 6.61 Å². The minimum atomic E-state index is 0.656. The van der Waals surface area contributed by atoms with Crippen LogP contribution in [0.1, 0.15) is 12.5 Å². The van der Waals surface area contributed by atoms with Crippen molar-refractivity contribution in [1.29, 1.82) is 0 Å². The second-order valence-corrected chi connectivity index (χ2v) is 5.87. The predicted octanol–water partition coefficient (Wildman–Crippen LogP) is 4.12. The smallest absolute Gasteiger partial charge is 0.120 e. The van der Waals surface area contributed by atoms with Gasteiger partial charge in [0.25, 0.3) is 0 Å². The van der Waals surface area contributed by atoms with Gasteiger partial charge in [-0.3, -0.25) is 4.98 Å². The SMILES string of the molecule is CCOc1ccc(N)c(SCc2cncc(Br)c2)c1. The van der Waals surface area contributed by atoms with Crippen molar-refractivity contribution in [2.45, 2.75) is 17.6 Å². The number of aromatic nitrogens is 1. The van der Waals surface area contributed by atoms with Gasteiger partial charge in [0, 0.05) is 33.2 Å². The third kappa shape index (κ3) is 4.14. The zero-order valence-electron chi connectivity index (χ0n) is 10.6. The number of anilines is 1. The Morgan fingerprint density at radius 1 is 1.32 bits per heavy atom.